The zero-order chi connectivity index (χ0) is 10.9. The largest absolute Gasteiger partial charge is 0.497 e. The number of hydrogen-bond acceptors (Lipinski definition) is 1. The van der Waals surface area contributed by atoms with Gasteiger partial charge in [-0.15, -0.1) is 0 Å². The van der Waals surface area contributed by atoms with Gasteiger partial charge in [0.15, 0.2) is 0 Å². The first-order valence-electron chi connectivity index (χ1n) is 5.05. The van der Waals surface area contributed by atoms with Gasteiger partial charge in [0.1, 0.15) is 5.75 Å². The first-order chi connectivity index (χ1) is 7.36. The van der Waals surface area contributed by atoms with E-state index < -0.39 is 0 Å². The molecule has 0 atom stereocenters. The second-order valence-corrected chi connectivity index (χ2v) is 3.18. The van der Waals surface area contributed by atoms with Crippen molar-refractivity contribution in [2.45, 2.75) is 19.3 Å². The molecule has 0 heterocycles. The fraction of sp³-hybridized carbons (Fsp3) is 0.385. The van der Waals surface area contributed by atoms with Gasteiger partial charge in [0.2, 0.25) is 0 Å². The molecule has 0 aliphatic rings. The van der Waals surface area contributed by atoms with Crippen molar-refractivity contribution >= 4 is 0 Å². The fourth-order valence-corrected chi connectivity index (χ4v) is 1.15. The third-order valence-corrected chi connectivity index (χ3v) is 2.01. The zero-order valence-corrected chi connectivity index (χ0v) is 8.92. The summed E-state index contributed by atoms with van der Waals surface area (Å²) in [6, 6.07) is 7.60. The Morgan fingerprint density at radius 2 is 1.93 bits per heavy atom. The summed E-state index contributed by atoms with van der Waals surface area (Å²) >= 11 is 0. The normalized spacial score (nSPS) is 9.20. The number of hydrogen-bond donors (Lipinski definition) is 0. The second-order valence-electron chi connectivity index (χ2n) is 3.18. The van der Waals surface area contributed by atoms with Crippen LogP contribution in [0.4, 0.5) is 4.39 Å². The van der Waals surface area contributed by atoms with Crippen LogP contribution in [0.2, 0.25) is 0 Å². The van der Waals surface area contributed by atoms with E-state index in [9.17, 15) is 4.39 Å². The zero-order valence-electron chi connectivity index (χ0n) is 8.92. The van der Waals surface area contributed by atoms with Crippen LogP contribution >= 0.6 is 0 Å². The number of unbranched alkanes of at least 4 members (excludes halogenated alkanes) is 2. The van der Waals surface area contributed by atoms with Crippen molar-refractivity contribution in [2.24, 2.45) is 0 Å². The smallest absolute Gasteiger partial charge is 0.118 e. The minimum absolute atomic E-state index is 0.246. The average Bonchev–Trinajstić information content (AvgIpc) is 2.30. The Hall–Kier alpha value is -1.49. The Kier molecular flexibility index (Phi) is 5.32. The van der Waals surface area contributed by atoms with Crippen LogP contribution in [-0.2, 0) is 0 Å². The van der Waals surface area contributed by atoms with Gasteiger partial charge in [0.05, 0.1) is 13.8 Å². The average molecular weight is 206 g/mol. The molecule has 1 nitrogen and oxygen atoms in total. The molecule has 1 rings (SSSR count). The summed E-state index contributed by atoms with van der Waals surface area (Å²) in [7, 11) is 1.64. The first kappa shape index (κ1) is 11.6. The van der Waals surface area contributed by atoms with Crippen LogP contribution in [0.15, 0.2) is 24.3 Å². The molecule has 1 aromatic rings. The minimum atomic E-state index is -0.246. The van der Waals surface area contributed by atoms with Crippen LogP contribution in [0.3, 0.4) is 0 Å². The van der Waals surface area contributed by atoms with Gasteiger partial charge in [-0.1, -0.05) is 11.8 Å². The monoisotopic (exact) mass is 206 g/mol. The molecule has 0 unspecified atom stereocenters. The van der Waals surface area contributed by atoms with E-state index in [0.717, 1.165) is 24.2 Å². The van der Waals surface area contributed by atoms with Crippen molar-refractivity contribution in [2.75, 3.05) is 13.8 Å². The van der Waals surface area contributed by atoms with E-state index in [1.807, 2.05) is 24.3 Å². The van der Waals surface area contributed by atoms with E-state index in [4.69, 9.17) is 4.74 Å². The molecule has 0 fully saturated rings. The van der Waals surface area contributed by atoms with E-state index >= 15 is 0 Å². The fourth-order valence-electron chi connectivity index (χ4n) is 1.15. The molecule has 2 heteroatoms. The van der Waals surface area contributed by atoms with Crippen molar-refractivity contribution < 1.29 is 9.13 Å². The Morgan fingerprint density at radius 1 is 1.20 bits per heavy atom. The van der Waals surface area contributed by atoms with Crippen LogP contribution in [0, 0.1) is 11.8 Å². The summed E-state index contributed by atoms with van der Waals surface area (Å²) < 4.78 is 16.8. The van der Waals surface area contributed by atoms with Crippen LogP contribution in [0.5, 0.6) is 5.75 Å². The maximum absolute atomic E-state index is 11.8. The standard InChI is InChI=1S/C13H15FO/c1-15-13-9-7-12(8-10-13)6-4-2-3-5-11-14/h7-10H,2-3,5,11H2,1H3. The number of halogens is 1. The van der Waals surface area contributed by atoms with Crippen LogP contribution in [0.1, 0.15) is 24.8 Å². The van der Waals surface area contributed by atoms with Gasteiger partial charge in [0, 0.05) is 12.0 Å². The lowest BCUT2D eigenvalue weighted by Crippen LogP contribution is -1.82. The maximum Gasteiger partial charge on any atom is 0.118 e. The van der Waals surface area contributed by atoms with Crippen molar-refractivity contribution in [3.8, 4) is 17.6 Å². The van der Waals surface area contributed by atoms with Gasteiger partial charge in [-0.3, -0.25) is 4.39 Å². The van der Waals surface area contributed by atoms with Crippen molar-refractivity contribution in [1.82, 2.24) is 0 Å². The Bertz CT molecular complexity index is 332. The quantitative estimate of drug-likeness (QED) is 0.543. The molecule has 0 saturated heterocycles. The Balaban J connectivity index is 2.42. The van der Waals surface area contributed by atoms with Gasteiger partial charge in [-0.05, 0) is 37.1 Å². The van der Waals surface area contributed by atoms with E-state index in [-0.39, 0.29) is 6.67 Å². The summed E-state index contributed by atoms with van der Waals surface area (Å²) in [5, 5.41) is 0. The topological polar surface area (TPSA) is 9.23 Å². The SMILES string of the molecule is COc1ccc(C#CCCCCF)cc1. The lowest BCUT2D eigenvalue weighted by molar-refractivity contribution is 0.415. The van der Waals surface area contributed by atoms with E-state index in [2.05, 4.69) is 11.8 Å². The van der Waals surface area contributed by atoms with Crippen molar-refractivity contribution in [1.29, 1.82) is 0 Å². The first-order valence-corrected chi connectivity index (χ1v) is 5.05. The molecule has 0 aliphatic heterocycles. The van der Waals surface area contributed by atoms with Crippen LogP contribution < -0.4 is 4.74 Å². The predicted molar refractivity (Wildman–Crippen MR) is 59.7 cm³/mol. The highest BCUT2D eigenvalue weighted by Gasteiger charge is 1.89. The van der Waals surface area contributed by atoms with Crippen molar-refractivity contribution in [3.63, 3.8) is 0 Å². The van der Waals surface area contributed by atoms with E-state index in [1.54, 1.807) is 7.11 Å². The predicted octanol–water partition coefficient (Wildman–Crippen LogP) is 3.19. The molecule has 0 aliphatic carbocycles. The highest BCUT2D eigenvalue weighted by atomic mass is 19.1. The summed E-state index contributed by atoms with van der Waals surface area (Å²) in [4.78, 5) is 0. The van der Waals surface area contributed by atoms with Gasteiger partial charge >= 0.3 is 0 Å². The molecule has 0 bridgehead atoms. The Labute approximate surface area is 90.3 Å². The summed E-state index contributed by atoms with van der Waals surface area (Å²) in [5.41, 5.74) is 0.969. The maximum atomic E-state index is 11.8. The molecular weight excluding hydrogens is 191 g/mol. The molecule has 0 radical (unpaired) electrons. The third-order valence-electron chi connectivity index (χ3n) is 2.01. The summed E-state index contributed by atoms with van der Waals surface area (Å²) in [6.45, 7) is -0.246. The van der Waals surface area contributed by atoms with Crippen molar-refractivity contribution in [3.05, 3.63) is 29.8 Å². The van der Waals surface area contributed by atoms with E-state index in [1.165, 1.54) is 0 Å². The summed E-state index contributed by atoms with van der Waals surface area (Å²) in [5.74, 6) is 6.87. The molecule has 80 valence electrons. The molecule has 0 saturated carbocycles. The highest BCUT2D eigenvalue weighted by molar-refractivity contribution is 5.38. The molecule has 0 N–H and O–H groups in total. The molecule has 0 aromatic heterocycles. The van der Waals surface area contributed by atoms with Gasteiger partial charge in [-0.25, -0.2) is 0 Å². The lowest BCUT2D eigenvalue weighted by Gasteiger charge is -1.97. The van der Waals surface area contributed by atoms with Gasteiger partial charge in [-0.2, -0.15) is 0 Å². The second kappa shape index (κ2) is 6.89. The third kappa shape index (κ3) is 4.51. The Morgan fingerprint density at radius 3 is 2.53 bits per heavy atom. The molecule has 1 aromatic carbocycles. The number of benzene rings is 1. The highest BCUT2D eigenvalue weighted by Crippen LogP contribution is 2.10. The van der Waals surface area contributed by atoms with Crippen LogP contribution in [0.25, 0.3) is 0 Å². The number of ether oxygens (including phenoxy) is 1. The summed E-state index contributed by atoms with van der Waals surface area (Å²) in [6.07, 6.45) is 2.20. The van der Waals surface area contributed by atoms with E-state index in [0.29, 0.717) is 6.42 Å². The minimum Gasteiger partial charge on any atom is -0.497 e. The number of alkyl halides is 1. The molecular formula is C13H15FO. The molecule has 0 spiro atoms. The van der Waals surface area contributed by atoms with Crippen LogP contribution in [-0.4, -0.2) is 13.8 Å². The van der Waals surface area contributed by atoms with Gasteiger partial charge < -0.3 is 4.74 Å². The lowest BCUT2D eigenvalue weighted by atomic mass is 10.2. The number of methoxy groups -OCH3 is 1. The number of rotatable bonds is 4. The molecule has 0 amide bonds. The molecule has 15 heavy (non-hydrogen) atoms. The van der Waals surface area contributed by atoms with Gasteiger partial charge in [0.25, 0.3) is 0 Å².